The van der Waals surface area contributed by atoms with Crippen molar-refractivity contribution in [1.82, 2.24) is 4.98 Å². The van der Waals surface area contributed by atoms with Gasteiger partial charge in [0.05, 0.1) is 6.20 Å². The number of nitrogens with zero attached hydrogens (tertiary/aromatic N) is 1. The smallest absolute Gasteiger partial charge is 0.252 e. The molecule has 0 aliphatic rings. The Bertz CT molecular complexity index is 597. The summed E-state index contributed by atoms with van der Waals surface area (Å²) in [5.41, 5.74) is 1.49. The highest BCUT2D eigenvalue weighted by Crippen LogP contribution is 2.26. The molecule has 0 radical (unpaired) electrons. The zero-order valence-corrected chi connectivity index (χ0v) is 11.3. The average Bonchev–Trinajstić information content (AvgIpc) is 2.43. The molecule has 5 heteroatoms. The van der Waals surface area contributed by atoms with Gasteiger partial charge >= 0.3 is 0 Å². The van der Waals surface area contributed by atoms with Crippen molar-refractivity contribution in [3.8, 4) is 11.5 Å². The summed E-state index contributed by atoms with van der Waals surface area (Å²) >= 11 is 0. The van der Waals surface area contributed by atoms with E-state index >= 15 is 0 Å². The average molecular weight is 272 g/mol. The number of benzene rings is 1. The van der Waals surface area contributed by atoms with Crippen LogP contribution in [0.25, 0.3) is 0 Å². The molecule has 0 aliphatic carbocycles. The fourth-order valence-corrected chi connectivity index (χ4v) is 1.62. The Labute approximate surface area is 117 Å². The molecule has 20 heavy (non-hydrogen) atoms. The molecule has 1 atom stereocenters. The van der Waals surface area contributed by atoms with Gasteiger partial charge < -0.3 is 15.2 Å². The molecular weight excluding hydrogens is 256 g/mol. The van der Waals surface area contributed by atoms with Crippen LogP contribution in [0.3, 0.4) is 0 Å². The molecule has 1 heterocycles. The molecule has 1 aromatic carbocycles. The summed E-state index contributed by atoms with van der Waals surface area (Å²) in [6, 6.07) is 8.88. The summed E-state index contributed by atoms with van der Waals surface area (Å²) < 4.78 is 5.69. The number of aliphatic hydroxyl groups is 1. The van der Waals surface area contributed by atoms with Gasteiger partial charge in [0.15, 0.2) is 0 Å². The zero-order chi connectivity index (χ0) is 14.5. The summed E-state index contributed by atoms with van der Waals surface area (Å²) in [5, 5.41) is 11.8. The number of aliphatic hydroxyl groups excluding tert-OH is 1. The van der Waals surface area contributed by atoms with E-state index < -0.39 is 12.0 Å². The number of nitrogens with one attached hydrogen (secondary N) is 1. The first-order valence-corrected chi connectivity index (χ1v) is 6.24. The fourth-order valence-electron chi connectivity index (χ4n) is 1.62. The minimum atomic E-state index is -1.04. The van der Waals surface area contributed by atoms with Crippen molar-refractivity contribution >= 4 is 11.6 Å². The highest BCUT2D eigenvalue weighted by atomic mass is 16.5. The number of carbonyl (C=O) groups excluding carboxylic acids is 1. The van der Waals surface area contributed by atoms with Gasteiger partial charge in [0.2, 0.25) is 0 Å². The molecule has 5 nitrogen and oxygen atoms in total. The number of pyridine rings is 1. The van der Waals surface area contributed by atoms with Gasteiger partial charge in [-0.25, -0.2) is 0 Å². The van der Waals surface area contributed by atoms with Crippen molar-refractivity contribution in [2.75, 3.05) is 5.32 Å². The highest BCUT2D eigenvalue weighted by Gasteiger charge is 2.10. The predicted molar refractivity (Wildman–Crippen MR) is 75.8 cm³/mol. The lowest BCUT2D eigenvalue weighted by Gasteiger charge is -2.11. The molecule has 2 N–H and O–H groups in total. The molecule has 1 aromatic heterocycles. The molecule has 1 amide bonds. The molecule has 0 spiro atoms. The van der Waals surface area contributed by atoms with Crippen LogP contribution in [-0.4, -0.2) is 22.1 Å². The lowest BCUT2D eigenvalue weighted by atomic mass is 10.2. The van der Waals surface area contributed by atoms with E-state index in [0.717, 1.165) is 5.56 Å². The van der Waals surface area contributed by atoms with Gasteiger partial charge in [0.25, 0.3) is 5.91 Å². The van der Waals surface area contributed by atoms with Crippen LogP contribution < -0.4 is 10.1 Å². The van der Waals surface area contributed by atoms with E-state index in [0.29, 0.717) is 17.2 Å². The van der Waals surface area contributed by atoms with Crippen LogP contribution in [0.4, 0.5) is 5.69 Å². The van der Waals surface area contributed by atoms with Gasteiger partial charge in [-0.2, -0.15) is 0 Å². The maximum absolute atomic E-state index is 11.4. The first kappa shape index (κ1) is 14.0. The minimum absolute atomic E-state index is 0.440. The number of anilines is 1. The van der Waals surface area contributed by atoms with E-state index in [4.69, 9.17) is 9.84 Å². The third kappa shape index (κ3) is 3.55. The summed E-state index contributed by atoms with van der Waals surface area (Å²) in [7, 11) is 0. The molecule has 0 saturated carbocycles. The summed E-state index contributed by atoms with van der Waals surface area (Å²) in [4.78, 5) is 15.4. The highest BCUT2D eigenvalue weighted by molar-refractivity contribution is 5.93. The predicted octanol–water partition coefficient (Wildman–Crippen LogP) is 2.50. The first-order chi connectivity index (χ1) is 9.56. The largest absolute Gasteiger partial charge is 0.455 e. The molecule has 2 rings (SSSR count). The van der Waals surface area contributed by atoms with E-state index in [-0.39, 0.29) is 0 Å². The summed E-state index contributed by atoms with van der Waals surface area (Å²) in [6.07, 6.45) is 2.26. The molecule has 2 aromatic rings. The number of hydrogen-bond donors (Lipinski definition) is 2. The molecular formula is C15H16N2O3. The van der Waals surface area contributed by atoms with Gasteiger partial charge in [-0.3, -0.25) is 9.78 Å². The van der Waals surface area contributed by atoms with E-state index in [1.54, 1.807) is 36.7 Å². The van der Waals surface area contributed by atoms with Crippen LogP contribution >= 0.6 is 0 Å². The normalized spacial score (nSPS) is 11.8. The Balaban J connectivity index is 2.12. The first-order valence-electron chi connectivity index (χ1n) is 6.24. The van der Waals surface area contributed by atoms with Gasteiger partial charge in [0, 0.05) is 11.9 Å². The van der Waals surface area contributed by atoms with Crippen molar-refractivity contribution < 1.29 is 14.6 Å². The Hall–Kier alpha value is -2.40. The summed E-state index contributed by atoms with van der Waals surface area (Å²) in [6.45, 7) is 3.30. The Morgan fingerprint density at radius 2 is 2.20 bits per heavy atom. The fraction of sp³-hybridized carbons (Fsp3) is 0.200. The van der Waals surface area contributed by atoms with Crippen LogP contribution in [0.15, 0.2) is 42.7 Å². The van der Waals surface area contributed by atoms with Crippen molar-refractivity contribution in [2.24, 2.45) is 0 Å². The van der Waals surface area contributed by atoms with Crippen molar-refractivity contribution in [1.29, 1.82) is 0 Å². The lowest BCUT2D eigenvalue weighted by Crippen LogP contribution is -2.24. The Morgan fingerprint density at radius 3 is 2.80 bits per heavy atom. The number of aryl methyl sites for hydroxylation is 1. The lowest BCUT2D eigenvalue weighted by molar-refractivity contribution is -0.123. The third-order valence-corrected chi connectivity index (χ3v) is 2.68. The number of rotatable bonds is 4. The monoisotopic (exact) mass is 272 g/mol. The molecule has 0 saturated heterocycles. The quantitative estimate of drug-likeness (QED) is 0.897. The Kier molecular flexibility index (Phi) is 4.32. The number of carbonyl (C=O) groups is 1. The third-order valence-electron chi connectivity index (χ3n) is 2.68. The molecule has 0 bridgehead atoms. The second-order valence-electron chi connectivity index (χ2n) is 4.44. The van der Waals surface area contributed by atoms with Crippen molar-refractivity contribution in [3.05, 3.63) is 48.3 Å². The molecule has 104 valence electrons. The van der Waals surface area contributed by atoms with Crippen molar-refractivity contribution in [3.63, 3.8) is 0 Å². The second-order valence-corrected chi connectivity index (χ2v) is 4.44. The second kappa shape index (κ2) is 6.16. The zero-order valence-electron chi connectivity index (χ0n) is 11.3. The van der Waals surface area contributed by atoms with Crippen molar-refractivity contribution in [2.45, 2.75) is 20.0 Å². The Morgan fingerprint density at radius 1 is 1.40 bits per heavy atom. The van der Waals surface area contributed by atoms with Crippen LogP contribution in [0.1, 0.15) is 12.5 Å². The van der Waals surface area contributed by atoms with Crippen LogP contribution in [0, 0.1) is 6.92 Å². The number of ether oxygens (including phenoxy) is 1. The van der Waals surface area contributed by atoms with Crippen LogP contribution in [-0.2, 0) is 4.79 Å². The van der Waals surface area contributed by atoms with Gasteiger partial charge in [0.1, 0.15) is 17.6 Å². The number of hydrogen-bond acceptors (Lipinski definition) is 4. The summed E-state index contributed by atoms with van der Waals surface area (Å²) in [5.74, 6) is 0.898. The SMILES string of the molecule is Cc1cc(NC(=O)C(C)O)ccc1Oc1cccnc1. The van der Waals surface area contributed by atoms with Crippen LogP contribution in [0.5, 0.6) is 11.5 Å². The van der Waals surface area contributed by atoms with Gasteiger partial charge in [-0.15, -0.1) is 0 Å². The molecule has 0 aliphatic heterocycles. The molecule has 0 fully saturated rings. The van der Waals surface area contributed by atoms with Gasteiger partial charge in [-0.05, 0) is 49.7 Å². The number of aromatic nitrogens is 1. The topological polar surface area (TPSA) is 71.5 Å². The standard InChI is InChI=1S/C15H16N2O3/c1-10-8-12(17-15(19)11(2)18)5-6-14(10)20-13-4-3-7-16-9-13/h3-9,11,18H,1-2H3,(H,17,19). The minimum Gasteiger partial charge on any atom is -0.455 e. The van der Waals surface area contributed by atoms with Gasteiger partial charge in [-0.1, -0.05) is 0 Å². The van der Waals surface area contributed by atoms with E-state index in [1.165, 1.54) is 6.92 Å². The van der Waals surface area contributed by atoms with E-state index in [1.807, 2.05) is 13.0 Å². The molecule has 1 unspecified atom stereocenters. The maximum atomic E-state index is 11.4. The number of amides is 1. The van der Waals surface area contributed by atoms with E-state index in [2.05, 4.69) is 10.3 Å². The van der Waals surface area contributed by atoms with Crippen LogP contribution in [0.2, 0.25) is 0 Å². The van der Waals surface area contributed by atoms with E-state index in [9.17, 15) is 4.79 Å². The maximum Gasteiger partial charge on any atom is 0.252 e.